The first-order valence-electron chi connectivity index (χ1n) is 12.5. The van der Waals surface area contributed by atoms with Crippen LogP contribution in [0.4, 0.5) is 11.4 Å². The highest BCUT2D eigenvalue weighted by Gasteiger charge is 2.44. The predicted octanol–water partition coefficient (Wildman–Crippen LogP) is 4.87. The number of halogens is 1. The number of rotatable bonds is 2. The van der Waals surface area contributed by atoms with Crippen LogP contribution in [0.25, 0.3) is 21.5 Å². The molecule has 0 unspecified atom stereocenters. The van der Waals surface area contributed by atoms with E-state index in [2.05, 4.69) is 142 Å². The summed E-state index contributed by atoms with van der Waals surface area (Å²) in [6.45, 7) is 9.40. The minimum Gasteiger partial charge on any atom is -1.00 e. The lowest BCUT2D eigenvalue weighted by atomic mass is 9.79. The monoisotopic (exact) mass is 492 g/mol. The molecule has 2 heterocycles. The highest BCUT2D eigenvalue weighted by Crippen LogP contribution is 2.50. The quantitative estimate of drug-likeness (QED) is 0.362. The summed E-state index contributed by atoms with van der Waals surface area (Å²) in [7, 11) is 4.39. The van der Waals surface area contributed by atoms with Crippen LogP contribution in [0.3, 0.4) is 0 Å². The average Bonchev–Trinajstić information content (AvgIpc) is 3.17. The van der Waals surface area contributed by atoms with E-state index in [9.17, 15) is 0 Å². The topological polar surface area (TPSA) is 6.25 Å². The van der Waals surface area contributed by atoms with Gasteiger partial charge in [-0.3, -0.25) is 0 Å². The third-order valence-corrected chi connectivity index (χ3v) is 8.30. The molecule has 0 saturated carbocycles. The van der Waals surface area contributed by atoms with Crippen LogP contribution in [0.1, 0.15) is 38.8 Å². The zero-order valence-electron chi connectivity index (χ0n) is 21.9. The SMILES string of the molecule is CN1/C(=C\C=C\C2=[N+](C)c3ccc4ccccc4c3C2(C)C)C(C)(C)c2c1ccc1ccccc21.[Cl-]. The highest BCUT2D eigenvalue weighted by atomic mass is 35.5. The lowest BCUT2D eigenvalue weighted by Crippen LogP contribution is -3.00. The van der Waals surface area contributed by atoms with Gasteiger partial charge >= 0.3 is 0 Å². The van der Waals surface area contributed by atoms with Gasteiger partial charge in [0, 0.05) is 41.6 Å². The second-order valence-corrected chi connectivity index (χ2v) is 11.0. The Labute approximate surface area is 220 Å². The van der Waals surface area contributed by atoms with Crippen LogP contribution < -0.4 is 17.3 Å². The fourth-order valence-electron chi connectivity index (χ4n) is 6.62. The van der Waals surface area contributed by atoms with Gasteiger partial charge < -0.3 is 17.3 Å². The summed E-state index contributed by atoms with van der Waals surface area (Å²) in [6, 6.07) is 26.5. The summed E-state index contributed by atoms with van der Waals surface area (Å²) in [5, 5.41) is 5.31. The Kier molecular flexibility index (Phi) is 5.65. The summed E-state index contributed by atoms with van der Waals surface area (Å²) < 4.78 is 2.36. The van der Waals surface area contributed by atoms with Gasteiger partial charge in [-0.15, -0.1) is 0 Å². The van der Waals surface area contributed by atoms with Crippen LogP contribution in [-0.2, 0) is 10.8 Å². The van der Waals surface area contributed by atoms with Crippen molar-refractivity contribution >= 4 is 38.6 Å². The molecular weight excluding hydrogens is 460 g/mol. The van der Waals surface area contributed by atoms with Crippen LogP contribution >= 0.6 is 0 Å². The molecule has 2 aliphatic heterocycles. The lowest BCUT2D eigenvalue weighted by Gasteiger charge is -2.24. The maximum absolute atomic E-state index is 2.36. The number of nitrogens with zero attached hydrogens (tertiary/aromatic N) is 2. The molecule has 0 saturated heterocycles. The number of anilines is 1. The van der Waals surface area contributed by atoms with Crippen molar-refractivity contribution in [1.82, 2.24) is 0 Å². The molecular formula is C33H33ClN2. The Morgan fingerprint density at radius 1 is 0.722 bits per heavy atom. The molecule has 0 radical (unpaired) electrons. The molecule has 0 aliphatic carbocycles. The number of fused-ring (bicyclic) bond motifs is 6. The van der Waals surface area contributed by atoms with Crippen LogP contribution in [-0.4, -0.2) is 24.4 Å². The maximum Gasteiger partial charge on any atom is 0.210 e. The third-order valence-electron chi connectivity index (χ3n) is 8.30. The Morgan fingerprint density at radius 2 is 1.31 bits per heavy atom. The first kappa shape index (κ1) is 24.3. The number of hydrogen-bond acceptors (Lipinski definition) is 1. The molecule has 0 fully saturated rings. The number of allylic oxidation sites excluding steroid dienone is 4. The zero-order valence-corrected chi connectivity index (χ0v) is 22.7. The molecule has 2 nitrogen and oxygen atoms in total. The van der Waals surface area contributed by atoms with Crippen molar-refractivity contribution in [3.63, 3.8) is 0 Å². The Morgan fingerprint density at radius 3 is 1.97 bits per heavy atom. The van der Waals surface area contributed by atoms with E-state index >= 15 is 0 Å². The first-order chi connectivity index (χ1) is 16.7. The van der Waals surface area contributed by atoms with Gasteiger partial charge in [0.1, 0.15) is 7.05 Å². The molecule has 2 aliphatic rings. The second-order valence-electron chi connectivity index (χ2n) is 11.0. The Bertz CT molecular complexity index is 1620. The van der Waals surface area contributed by atoms with Crippen molar-refractivity contribution in [1.29, 1.82) is 0 Å². The molecule has 0 bridgehead atoms. The lowest BCUT2D eigenvalue weighted by molar-refractivity contribution is -0.401. The average molecular weight is 493 g/mol. The van der Waals surface area contributed by atoms with E-state index in [1.807, 2.05) is 0 Å². The van der Waals surface area contributed by atoms with Crippen molar-refractivity contribution in [2.75, 3.05) is 19.0 Å². The minimum atomic E-state index is -0.0732. The summed E-state index contributed by atoms with van der Waals surface area (Å²) >= 11 is 0. The Hall–Kier alpha value is -3.36. The number of hydrogen-bond donors (Lipinski definition) is 0. The van der Waals surface area contributed by atoms with Gasteiger partial charge in [-0.2, -0.15) is 4.58 Å². The molecule has 0 amide bonds. The van der Waals surface area contributed by atoms with Crippen LogP contribution in [0.5, 0.6) is 0 Å². The summed E-state index contributed by atoms with van der Waals surface area (Å²) in [4.78, 5) is 2.36. The molecule has 0 atom stereocenters. The van der Waals surface area contributed by atoms with Gasteiger partial charge in [0.2, 0.25) is 5.69 Å². The third kappa shape index (κ3) is 3.28. The summed E-state index contributed by atoms with van der Waals surface area (Å²) in [6.07, 6.45) is 6.88. The van der Waals surface area contributed by atoms with E-state index in [0.29, 0.717) is 0 Å². The van der Waals surface area contributed by atoms with Gasteiger partial charge in [-0.05, 0) is 59.2 Å². The first-order valence-corrected chi connectivity index (χ1v) is 12.5. The van der Waals surface area contributed by atoms with Gasteiger partial charge in [-0.1, -0.05) is 74.5 Å². The van der Waals surface area contributed by atoms with Crippen molar-refractivity contribution < 1.29 is 17.0 Å². The second kappa shape index (κ2) is 8.35. The largest absolute Gasteiger partial charge is 1.00 e. The molecule has 4 aromatic rings. The standard InChI is InChI=1S/C33H33N2.ClH/c1-32(2)28(34(5)26-20-18-22-12-7-9-14-24(22)30(26)32)16-11-17-29-33(3,4)31-25-15-10-8-13-23(25)19-21-27(31)35(29)6;/h7-21H,1-6H3;1H/q+1;/p-1. The predicted molar refractivity (Wildman–Crippen MR) is 150 cm³/mol. The van der Waals surface area contributed by atoms with Gasteiger partial charge in [0.25, 0.3) is 0 Å². The van der Waals surface area contributed by atoms with Crippen LogP contribution in [0, 0.1) is 0 Å². The molecule has 6 rings (SSSR count). The van der Waals surface area contributed by atoms with Gasteiger partial charge in [0.05, 0.1) is 5.41 Å². The van der Waals surface area contributed by atoms with Crippen molar-refractivity contribution in [3.05, 3.63) is 108 Å². The molecule has 0 aromatic heterocycles. The minimum absolute atomic E-state index is 0. The van der Waals surface area contributed by atoms with Crippen molar-refractivity contribution in [2.24, 2.45) is 0 Å². The number of likely N-dealkylation sites (N-methyl/N-ethyl adjacent to an activating group) is 1. The molecule has 3 heteroatoms. The fourth-order valence-corrected chi connectivity index (χ4v) is 6.62. The van der Waals surface area contributed by atoms with E-state index in [1.165, 1.54) is 55.5 Å². The fraction of sp³-hybridized carbons (Fsp3) is 0.242. The normalized spacial score (nSPS) is 18.8. The molecule has 0 spiro atoms. The van der Waals surface area contributed by atoms with E-state index < -0.39 is 0 Å². The molecule has 182 valence electrons. The van der Waals surface area contributed by atoms with Crippen molar-refractivity contribution in [2.45, 2.75) is 38.5 Å². The van der Waals surface area contributed by atoms with Crippen molar-refractivity contribution in [3.8, 4) is 0 Å². The smallest absolute Gasteiger partial charge is 0.210 e. The highest BCUT2D eigenvalue weighted by molar-refractivity contribution is 6.07. The number of benzene rings is 4. The van der Waals surface area contributed by atoms with E-state index in [0.717, 1.165) is 0 Å². The van der Waals surface area contributed by atoms with Gasteiger partial charge in [-0.25, -0.2) is 0 Å². The van der Waals surface area contributed by atoms with E-state index in [4.69, 9.17) is 0 Å². The summed E-state index contributed by atoms with van der Waals surface area (Å²) in [5.74, 6) is 0. The van der Waals surface area contributed by atoms with Gasteiger partial charge in [0.15, 0.2) is 5.71 Å². The zero-order chi connectivity index (χ0) is 24.5. The molecule has 4 aromatic carbocycles. The van der Waals surface area contributed by atoms with Crippen LogP contribution in [0.15, 0.2) is 96.7 Å². The van der Waals surface area contributed by atoms with Crippen LogP contribution in [0.2, 0.25) is 0 Å². The van der Waals surface area contributed by atoms with E-state index in [1.54, 1.807) is 0 Å². The summed E-state index contributed by atoms with van der Waals surface area (Å²) in [5.41, 5.74) is 7.94. The molecule has 36 heavy (non-hydrogen) atoms. The Balaban J connectivity index is 0.00000267. The van der Waals surface area contributed by atoms with E-state index in [-0.39, 0.29) is 23.2 Å². The maximum atomic E-state index is 2.36. The molecule has 0 N–H and O–H groups in total.